The van der Waals surface area contributed by atoms with E-state index >= 15 is 0 Å². The van der Waals surface area contributed by atoms with Crippen LogP contribution in [0.3, 0.4) is 0 Å². The maximum Gasteiger partial charge on any atom is 0.358 e. The van der Waals surface area contributed by atoms with Crippen LogP contribution in [-0.2, 0) is 4.75 Å². The molecule has 2 heterocycles. The fourth-order valence-corrected chi connectivity index (χ4v) is 3.08. The largest absolute Gasteiger partial charge is 0.476 e. The van der Waals surface area contributed by atoms with Crippen molar-refractivity contribution in [2.24, 2.45) is 0 Å². The van der Waals surface area contributed by atoms with Gasteiger partial charge in [0.25, 0.3) is 0 Å². The molecule has 1 aromatic rings. The van der Waals surface area contributed by atoms with E-state index in [-0.39, 0.29) is 10.4 Å². The van der Waals surface area contributed by atoms with Gasteiger partial charge in [0, 0.05) is 6.07 Å². The number of hydrogen-bond donors (Lipinski definition) is 1. The first kappa shape index (κ1) is 10.5. The van der Waals surface area contributed by atoms with Crippen LogP contribution in [-0.4, -0.2) is 22.0 Å². The summed E-state index contributed by atoms with van der Waals surface area (Å²) in [6.45, 7) is 2.09. The highest BCUT2D eigenvalue weighted by molar-refractivity contribution is 8.00. The molecule has 82 valence electrons. The highest BCUT2D eigenvalue weighted by atomic mass is 32.2. The second-order valence-corrected chi connectivity index (χ2v) is 5.52. The SMILES string of the molecule is CC1(c2cc(C(=O)O)no2)CCCCS1. The van der Waals surface area contributed by atoms with E-state index in [1.54, 1.807) is 6.07 Å². The predicted molar refractivity (Wildman–Crippen MR) is 57.1 cm³/mol. The normalized spacial score (nSPS) is 26.5. The molecule has 0 aromatic carbocycles. The molecular weight excluding hydrogens is 214 g/mol. The van der Waals surface area contributed by atoms with E-state index in [0.717, 1.165) is 18.6 Å². The lowest BCUT2D eigenvalue weighted by Crippen LogP contribution is -2.20. The molecular formula is C10H13NO3S. The smallest absolute Gasteiger partial charge is 0.358 e. The predicted octanol–water partition coefficient (Wildman–Crippen LogP) is 2.51. The summed E-state index contributed by atoms with van der Waals surface area (Å²) in [7, 11) is 0. The maximum atomic E-state index is 10.7. The minimum atomic E-state index is -1.03. The van der Waals surface area contributed by atoms with Gasteiger partial charge < -0.3 is 9.63 Å². The van der Waals surface area contributed by atoms with Crippen LogP contribution in [0, 0.1) is 0 Å². The molecule has 0 saturated carbocycles. The second kappa shape index (κ2) is 3.89. The quantitative estimate of drug-likeness (QED) is 0.841. The summed E-state index contributed by atoms with van der Waals surface area (Å²) in [5, 5.41) is 12.3. The van der Waals surface area contributed by atoms with E-state index in [4.69, 9.17) is 9.63 Å². The van der Waals surface area contributed by atoms with Crippen LogP contribution in [0.5, 0.6) is 0 Å². The number of carboxylic acids is 1. The zero-order valence-corrected chi connectivity index (χ0v) is 9.34. The van der Waals surface area contributed by atoms with Crippen LogP contribution in [0.4, 0.5) is 0 Å². The first-order chi connectivity index (χ1) is 7.12. The molecule has 1 N–H and O–H groups in total. The van der Waals surface area contributed by atoms with Gasteiger partial charge in [0.15, 0.2) is 11.5 Å². The molecule has 1 saturated heterocycles. The Hall–Kier alpha value is -0.970. The van der Waals surface area contributed by atoms with Crippen LogP contribution in [0.15, 0.2) is 10.6 Å². The van der Waals surface area contributed by atoms with Crippen LogP contribution >= 0.6 is 11.8 Å². The zero-order valence-electron chi connectivity index (χ0n) is 8.52. The fraction of sp³-hybridized carbons (Fsp3) is 0.600. The van der Waals surface area contributed by atoms with Crippen LogP contribution in [0.1, 0.15) is 42.4 Å². The van der Waals surface area contributed by atoms with Crippen molar-refractivity contribution < 1.29 is 14.4 Å². The number of nitrogens with zero attached hydrogens (tertiary/aromatic N) is 1. The molecule has 0 radical (unpaired) electrons. The Morgan fingerprint density at radius 3 is 3.00 bits per heavy atom. The lowest BCUT2D eigenvalue weighted by Gasteiger charge is -2.29. The Morgan fingerprint density at radius 1 is 1.67 bits per heavy atom. The maximum absolute atomic E-state index is 10.7. The van der Waals surface area contributed by atoms with Gasteiger partial charge in [-0.3, -0.25) is 0 Å². The minimum absolute atomic E-state index is 0.00241. The number of rotatable bonds is 2. The highest BCUT2D eigenvalue weighted by Crippen LogP contribution is 2.44. The Labute approximate surface area is 92.0 Å². The molecule has 0 bridgehead atoms. The molecule has 15 heavy (non-hydrogen) atoms. The number of carbonyl (C=O) groups is 1. The summed E-state index contributed by atoms with van der Waals surface area (Å²) in [5.41, 5.74) is -0.00241. The van der Waals surface area contributed by atoms with Gasteiger partial charge in [-0.25, -0.2) is 4.79 Å². The number of hydrogen-bond acceptors (Lipinski definition) is 4. The van der Waals surface area contributed by atoms with Crippen LogP contribution < -0.4 is 0 Å². The van der Waals surface area contributed by atoms with Gasteiger partial charge >= 0.3 is 5.97 Å². The van der Waals surface area contributed by atoms with Crippen molar-refractivity contribution in [3.63, 3.8) is 0 Å². The lowest BCUT2D eigenvalue weighted by molar-refractivity contribution is 0.0685. The van der Waals surface area contributed by atoms with Gasteiger partial charge in [-0.1, -0.05) is 11.6 Å². The average Bonchev–Trinajstić information content (AvgIpc) is 2.68. The number of aromatic carboxylic acids is 1. The second-order valence-electron chi connectivity index (χ2n) is 3.92. The van der Waals surface area contributed by atoms with E-state index in [0.29, 0.717) is 5.76 Å². The Bertz CT molecular complexity index is 368. The van der Waals surface area contributed by atoms with E-state index in [2.05, 4.69) is 12.1 Å². The third-order valence-corrected chi connectivity index (χ3v) is 4.25. The summed E-state index contributed by atoms with van der Waals surface area (Å²) in [5.74, 6) is 0.749. The van der Waals surface area contributed by atoms with Gasteiger partial charge in [-0.05, 0) is 25.5 Å². The summed E-state index contributed by atoms with van der Waals surface area (Å²) in [6.07, 6.45) is 3.40. The van der Waals surface area contributed by atoms with Gasteiger partial charge in [0.2, 0.25) is 0 Å². The van der Waals surface area contributed by atoms with Crippen molar-refractivity contribution in [3.8, 4) is 0 Å². The summed E-state index contributed by atoms with van der Waals surface area (Å²) < 4.78 is 5.02. The molecule has 0 amide bonds. The van der Waals surface area contributed by atoms with E-state index in [1.165, 1.54) is 6.42 Å². The van der Waals surface area contributed by atoms with E-state index in [1.807, 2.05) is 11.8 Å². The number of thioether (sulfide) groups is 1. The minimum Gasteiger partial charge on any atom is -0.476 e. The zero-order chi connectivity index (χ0) is 10.9. The molecule has 1 atom stereocenters. The Kier molecular flexibility index (Phi) is 2.73. The van der Waals surface area contributed by atoms with Crippen molar-refractivity contribution in [1.29, 1.82) is 0 Å². The van der Waals surface area contributed by atoms with E-state index < -0.39 is 5.97 Å². The Balaban J connectivity index is 2.23. The summed E-state index contributed by atoms with van der Waals surface area (Å²) in [6, 6.07) is 1.54. The van der Waals surface area contributed by atoms with Crippen molar-refractivity contribution in [2.45, 2.75) is 30.9 Å². The highest BCUT2D eigenvalue weighted by Gasteiger charge is 2.34. The average molecular weight is 227 g/mol. The fourth-order valence-electron chi connectivity index (χ4n) is 1.75. The molecule has 4 nitrogen and oxygen atoms in total. The van der Waals surface area contributed by atoms with Crippen molar-refractivity contribution >= 4 is 17.7 Å². The monoisotopic (exact) mass is 227 g/mol. The third kappa shape index (κ3) is 2.02. The van der Waals surface area contributed by atoms with E-state index in [9.17, 15) is 4.79 Å². The molecule has 1 fully saturated rings. The first-order valence-corrected chi connectivity index (χ1v) is 5.95. The number of carboxylic acid groups (broad SMARTS) is 1. The van der Waals surface area contributed by atoms with Gasteiger partial charge in [-0.15, -0.1) is 11.8 Å². The molecule has 1 aliphatic rings. The molecule has 1 aliphatic heterocycles. The van der Waals surface area contributed by atoms with Gasteiger partial charge in [0.1, 0.15) is 0 Å². The van der Waals surface area contributed by atoms with Crippen molar-refractivity contribution in [3.05, 3.63) is 17.5 Å². The topological polar surface area (TPSA) is 63.3 Å². The third-order valence-electron chi connectivity index (χ3n) is 2.72. The summed E-state index contributed by atoms with van der Waals surface area (Å²) in [4.78, 5) is 10.7. The lowest BCUT2D eigenvalue weighted by atomic mass is 9.99. The molecule has 1 aromatic heterocycles. The first-order valence-electron chi connectivity index (χ1n) is 4.96. The molecule has 2 rings (SSSR count). The molecule has 5 heteroatoms. The van der Waals surface area contributed by atoms with Crippen LogP contribution in [0.25, 0.3) is 0 Å². The van der Waals surface area contributed by atoms with Crippen LogP contribution in [0.2, 0.25) is 0 Å². The van der Waals surface area contributed by atoms with Crippen molar-refractivity contribution in [1.82, 2.24) is 5.16 Å². The molecule has 0 spiro atoms. The molecule has 0 aliphatic carbocycles. The Morgan fingerprint density at radius 2 is 2.47 bits per heavy atom. The number of aromatic nitrogens is 1. The van der Waals surface area contributed by atoms with Crippen molar-refractivity contribution in [2.75, 3.05) is 5.75 Å². The molecule has 1 unspecified atom stereocenters. The van der Waals surface area contributed by atoms with Gasteiger partial charge in [-0.2, -0.15) is 0 Å². The van der Waals surface area contributed by atoms with Gasteiger partial charge in [0.05, 0.1) is 4.75 Å². The standard InChI is InChI=1S/C10H13NO3S/c1-10(4-2-3-5-15-10)8-6-7(9(12)13)11-14-8/h6H,2-5H2,1H3,(H,12,13). The summed E-state index contributed by atoms with van der Waals surface area (Å²) >= 11 is 1.82.